The first-order chi connectivity index (χ1) is 11.0. The molecule has 2 heterocycles. The van der Waals surface area contributed by atoms with E-state index in [-0.39, 0.29) is 39.2 Å². The van der Waals surface area contributed by atoms with E-state index < -0.39 is 5.82 Å². The molecule has 0 amide bonds. The molecule has 2 aromatic rings. The monoisotopic (exact) mass is 355 g/mol. The molecule has 0 saturated carbocycles. The molecular weight excluding hydrogens is 344 g/mol. The first kappa shape index (κ1) is 15.9. The summed E-state index contributed by atoms with van der Waals surface area (Å²) in [4.78, 5) is 12.6. The van der Waals surface area contributed by atoms with E-state index in [1.807, 2.05) is 6.07 Å². The average molecular weight is 356 g/mol. The minimum absolute atomic E-state index is 0.0201. The number of hydrogen-bond donors (Lipinski definition) is 0. The molecule has 0 bridgehead atoms. The van der Waals surface area contributed by atoms with Gasteiger partial charge in [0.1, 0.15) is 22.8 Å². The maximum atomic E-state index is 14.3. The second kappa shape index (κ2) is 6.26. The van der Waals surface area contributed by atoms with Gasteiger partial charge in [-0.15, -0.1) is 0 Å². The lowest BCUT2D eigenvalue weighted by molar-refractivity contribution is 0.356. The van der Waals surface area contributed by atoms with Crippen molar-refractivity contribution in [2.24, 2.45) is 0 Å². The zero-order valence-corrected chi connectivity index (χ0v) is 13.5. The number of fused-ring (bicyclic) bond motifs is 1. The van der Waals surface area contributed by atoms with E-state index in [2.05, 4.69) is 0 Å². The van der Waals surface area contributed by atoms with Gasteiger partial charge >= 0.3 is 0 Å². The van der Waals surface area contributed by atoms with Gasteiger partial charge in [-0.05, 0) is 25.0 Å². The summed E-state index contributed by atoms with van der Waals surface area (Å²) in [6, 6.07) is 4.18. The summed E-state index contributed by atoms with van der Waals surface area (Å²) in [6.07, 6.45) is 1.78. The fourth-order valence-electron chi connectivity index (χ4n) is 2.69. The van der Waals surface area contributed by atoms with E-state index >= 15 is 0 Å². The number of ether oxygens (including phenoxy) is 1. The van der Waals surface area contributed by atoms with E-state index in [0.717, 1.165) is 18.9 Å². The molecule has 120 valence electrons. The highest BCUT2D eigenvalue weighted by atomic mass is 35.5. The molecule has 1 aromatic carbocycles. The summed E-state index contributed by atoms with van der Waals surface area (Å²) in [6.45, 7) is 0.927. The van der Waals surface area contributed by atoms with Crippen LogP contribution in [0.15, 0.2) is 16.9 Å². The molecule has 0 aliphatic carbocycles. The molecule has 1 aromatic heterocycles. The number of hydrogen-bond acceptors (Lipinski definition) is 3. The number of benzene rings is 1. The summed E-state index contributed by atoms with van der Waals surface area (Å²) < 4.78 is 22.7. The van der Waals surface area contributed by atoms with Crippen molar-refractivity contribution < 1.29 is 9.13 Å². The normalized spacial score (nSPS) is 13.5. The Morgan fingerprint density at radius 1 is 1.26 bits per heavy atom. The van der Waals surface area contributed by atoms with Crippen LogP contribution in [-0.4, -0.2) is 16.0 Å². The third kappa shape index (κ3) is 2.71. The van der Waals surface area contributed by atoms with E-state index in [1.165, 1.54) is 10.7 Å². The van der Waals surface area contributed by atoms with Crippen LogP contribution in [0.5, 0.6) is 5.75 Å². The Hall–Kier alpha value is -1.97. The van der Waals surface area contributed by atoms with E-state index in [1.54, 1.807) is 4.68 Å². The molecule has 0 saturated heterocycles. The van der Waals surface area contributed by atoms with Crippen molar-refractivity contribution in [1.29, 1.82) is 5.26 Å². The van der Waals surface area contributed by atoms with Gasteiger partial charge < -0.3 is 4.74 Å². The SMILES string of the molecule is N#CCOc1cc(-c2c(Cl)n3n(c2=O)CCCC3)c(F)cc1Cl. The third-order valence-corrected chi connectivity index (χ3v) is 4.43. The second-order valence-corrected chi connectivity index (χ2v) is 5.90. The Bertz CT molecular complexity index is 867. The molecule has 0 spiro atoms. The third-order valence-electron chi connectivity index (χ3n) is 3.75. The van der Waals surface area contributed by atoms with E-state index in [0.29, 0.717) is 13.1 Å². The summed E-state index contributed by atoms with van der Waals surface area (Å²) in [5.74, 6) is -0.531. The summed E-state index contributed by atoms with van der Waals surface area (Å²) in [5.41, 5.74) is -0.238. The van der Waals surface area contributed by atoms with Crippen molar-refractivity contribution in [3.05, 3.63) is 38.5 Å². The lowest BCUT2D eigenvalue weighted by Crippen LogP contribution is -2.27. The van der Waals surface area contributed by atoms with Crippen molar-refractivity contribution in [3.63, 3.8) is 0 Å². The molecule has 1 aliphatic rings. The quantitative estimate of drug-likeness (QED) is 0.846. The van der Waals surface area contributed by atoms with Gasteiger partial charge in [-0.2, -0.15) is 5.26 Å². The predicted octanol–water partition coefficient (Wildman–Crippen LogP) is 3.46. The van der Waals surface area contributed by atoms with Crippen molar-refractivity contribution in [1.82, 2.24) is 9.36 Å². The number of nitrogens with zero attached hydrogens (tertiary/aromatic N) is 3. The number of aromatic nitrogens is 2. The molecule has 23 heavy (non-hydrogen) atoms. The van der Waals surface area contributed by atoms with Crippen LogP contribution < -0.4 is 10.3 Å². The van der Waals surface area contributed by atoms with Crippen LogP contribution in [0.1, 0.15) is 12.8 Å². The largest absolute Gasteiger partial charge is 0.477 e. The molecule has 0 atom stereocenters. The van der Waals surface area contributed by atoms with Crippen molar-refractivity contribution in [3.8, 4) is 22.9 Å². The molecular formula is C15H12Cl2FN3O2. The maximum absolute atomic E-state index is 14.3. The van der Waals surface area contributed by atoms with Crippen LogP contribution in [-0.2, 0) is 13.1 Å². The zero-order valence-electron chi connectivity index (χ0n) is 12.0. The first-order valence-corrected chi connectivity index (χ1v) is 7.78. The Labute approximate surface area is 141 Å². The minimum atomic E-state index is -0.665. The van der Waals surface area contributed by atoms with Gasteiger partial charge in [0, 0.05) is 18.7 Å². The van der Waals surface area contributed by atoms with E-state index in [4.69, 9.17) is 33.2 Å². The summed E-state index contributed by atoms with van der Waals surface area (Å²) in [7, 11) is 0. The standard InChI is InChI=1S/C15H12Cl2FN3O2/c16-10-8-11(18)9(7-12(10)23-6-3-19)13-14(17)20-4-1-2-5-21(20)15(13)22/h7-8H,1-2,4-6H2. The van der Waals surface area contributed by atoms with Gasteiger partial charge in [0.25, 0.3) is 5.56 Å². The summed E-state index contributed by atoms with van der Waals surface area (Å²) >= 11 is 12.2. The zero-order chi connectivity index (χ0) is 16.6. The van der Waals surface area contributed by atoms with Gasteiger partial charge in [0.15, 0.2) is 6.61 Å². The molecule has 5 nitrogen and oxygen atoms in total. The molecule has 1 aliphatic heterocycles. The molecule has 0 unspecified atom stereocenters. The molecule has 0 fully saturated rings. The summed E-state index contributed by atoms with van der Waals surface area (Å²) in [5, 5.41) is 8.81. The lowest BCUT2D eigenvalue weighted by atomic mass is 10.1. The van der Waals surface area contributed by atoms with Crippen molar-refractivity contribution in [2.75, 3.05) is 6.61 Å². The van der Waals surface area contributed by atoms with Crippen LogP contribution in [0.2, 0.25) is 10.2 Å². The first-order valence-electron chi connectivity index (χ1n) is 7.03. The highest BCUT2D eigenvalue weighted by Gasteiger charge is 2.25. The minimum Gasteiger partial charge on any atom is -0.477 e. The Kier molecular flexibility index (Phi) is 4.33. The van der Waals surface area contributed by atoms with Gasteiger partial charge in [0.05, 0.1) is 10.6 Å². The van der Waals surface area contributed by atoms with Crippen molar-refractivity contribution in [2.45, 2.75) is 25.9 Å². The van der Waals surface area contributed by atoms with Crippen LogP contribution >= 0.6 is 23.2 Å². The van der Waals surface area contributed by atoms with Crippen LogP contribution in [0.4, 0.5) is 4.39 Å². The van der Waals surface area contributed by atoms with Crippen LogP contribution in [0, 0.1) is 17.1 Å². The molecule has 0 radical (unpaired) electrons. The van der Waals surface area contributed by atoms with Gasteiger partial charge in [0.2, 0.25) is 0 Å². The van der Waals surface area contributed by atoms with E-state index in [9.17, 15) is 9.18 Å². The molecule has 8 heteroatoms. The van der Waals surface area contributed by atoms with Crippen LogP contribution in [0.3, 0.4) is 0 Å². The van der Waals surface area contributed by atoms with Crippen molar-refractivity contribution >= 4 is 23.2 Å². The predicted molar refractivity (Wildman–Crippen MR) is 84.4 cm³/mol. The van der Waals surface area contributed by atoms with Gasteiger partial charge in [-0.1, -0.05) is 23.2 Å². The average Bonchev–Trinajstić information content (AvgIpc) is 2.79. The highest BCUT2D eigenvalue weighted by molar-refractivity contribution is 6.33. The fraction of sp³-hybridized carbons (Fsp3) is 0.333. The van der Waals surface area contributed by atoms with Crippen LogP contribution in [0.25, 0.3) is 11.1 Å². The number of rotatable bonds is 3. The lowest BCUT2D eigenvalue weighted by Gasteiger charge is -2.17. The van der Waals surface area contributed by atoms with Gasteiger partial charge in [-0.25, -0.2) is 9.07 Å². The smallest absolute Gasteiger partial charge is 0.276 e. The van der Waals surface area contributed by atoms with Gasteiger partial charge in [-0.3, -0.25) is 9.48 Å². The Morgan fingerprint density at radius 2 is 1.96 bits per heavy atom. The topological polar surface area (TPSA) is 59.9 Å². The fourth-order valence-corrected chi connectivity index (χ4v) is 3.26. The highest BCUT2D eigenvalue weighted by Crippen LogP contribution is 2.35. The second-order valence-electron chi connectivity index (χ2n) is 5.13. The molecule has 0 N–H and O–H groups in total. The number of nitriles is 1. The number of halogens is 3. The maximum Gasteiger partial charge on any atom is 0.276 e. The Balaban J connectivity index is 2.18. The Morgan fingerprint density at radius 3 is 2.61 bits per heavy atom. The molecule has 3 rings (SSSR count).